The maximum atomic E-state index is 9.74. The van der Waals surface area contributed by atoms with Crippen molar-refractivity contribution < 1.29 is 9.84 Å². The molecule has 0 radical (unpaired) electrons. The standard InChI is InChI=1S/C16H32N2O2/c1-3-18(12-15-7-5-11-20-15)10-8-14-6-4-9-16(14,13-19)17-2/h14-15,17,19H,3-13H2,1-2H3. The number of nitrogens with zero attached hydrogens (tertiary/aromatic N) is 1. The predicted molar refractivity (Wildman–Crippen MR) is 81.9 cm³/mol. The molecule has 0 aromatic rings. The van der Waals surface area contributed by atoms with Gasteiger partial charge in [-0.3, -0.25) is 0 Å². The smallest absolute Gasteiger partial charge is 0.0702 e. The lowest BCUT2D eigenvalue weighted by molar-refractivity contribution is 0.0678. The molecule has 1 aliphatic heterocycles. The normalized spacial score (nSPS) is 34.2. The number of ether oxygens (including phenoxy) is 1. The Labute approximate surface area is 123 Å². The number of nitrogens with one attached hydrogen (secondary N) is 1. The van der Waals surface area contributed by atoms with E-state index in [1.54, 1.807) is 0 Å². The van der Waals surface area contributed by atoms with Gasteiger partial charge in [0.15, 0.2) is 0 Å². The molecule has 1 saturated carbocycles. The summed E-state index contributed by atoms with van der Waals surface area (Å²) in [7, 11) is 2.00. The largest absolute Gasteiger partial charge is 0.394 e. The molecule has 3 unspecified atom stereocenters. The summed E-state index contributed by atoms with van der Waals surface area (Å²) in [6.45, 7) is 6.75. The van der Waals surface area contributed by atoms with Crippen molar-refractivity contribution in [1.82, 2.24) is 10.2 Å². The Morgan fingerprint density at radius 2 is 2.20 bits per heavy atom. The molecule has 118 valence electrons. The monoisotopic (exact) mass is 284 g/mol. The number of rotatable bonds is 8. The zero-order valence-electron chi connectivity index (χ0n) is 13.2. The van der Waals surface area contributed by atoms with E-state index in [2.05, 4.69) is 17.1 Å². The van der Waals surface area contributed by atoms with Crippen LogP contribution in [0, 0.1) is 5.92 Å². The SMILES string of the molecule is CCN(CCC1CCCC1(CO)NC)CC1CCCO1. The molecule has 0 aromatic carbocycles. The summed E-state index contributed by atoms with van der Waals surface area (Å²) in [5.74, 6) is 0.607. The second-order valence-electron chi connectivity index (χ2n) is 6.47. The first kappa shape index (κ1) is 16.2. The molecule has 4 heteroatoms. The quantitative estimate of drug-likeness (QED) is 0.711. The van der Waals surface area contributed by atoms with E-state index in [1.165, 1.54) is 32.1 Å². The van der Waals surface area contributed by atoms with Crippen LogP contribution in [0.5, 0.6) is 0 Å². The van der Waals surface area contributed by atoms with E-state index in [0.29, 0.717) is 12.0 Å². The Bertz CT molecular complexity index is 276. The van der Waals surface area contributed by atoms with E-state index >= 15 is 0 Å². The van der Waals surface area contributed by atoms with Gasteiger partial charge in [0, 0.05) is 18.7 Å². The Hall–Kier alpha value is -0.160. The van der Waals surface area contributed by atoms with Gasteiger partial charge in [-0.1, -0.05) is 13.3 Å². The van der Waals surface area contributed by atoms with Crippen molar-refractivity contribution in [3.05, 3.63) is 0 Å². The van der Waals surface area contributed by atoms with Gasteiger partial charge in [0.25, 0.3) is 0 Å². The first-order valence-electron chi connectivity index (χ1n) is 8.38. The molecule has 0 bridgehead atoms. The fourth-order valence-corrected chi connectivity index (χ4v) is 3.97. The highest BCUT2D eigenvalue weighted by Crippen LogP contribution is 2.37. The third-order valence-electron chi connectivity index (χ3n) is 5.46. The van der Waals surface area contributed by atoms with Gasteiger partial charge in [0.05, 0.1) is 12.7 Å². The lowest BCUT2D eigenvalue weighted by atomic mass is 9.85. The fraction of sp³-hybridized carbons (Fsp3) is 1.00. The van der Waals surface area contributed by atoms with Crippen LogP contribution in [-0.2, 0) is 4.74 Å². The van der Waals surface area contributed by atoms with E-state index in [9.17, 15) is 5.11 Å². The highest BCUT2D eigenvalue weighted by molar-refractivity contribution is 4.98. The van der Waals surface area contributed by atoms with E-state index in [-0.39, 0.29) is 12.1 Å². The summed E-state index contributed by atoms with van der Waals surface area (Å²) in [6, 6.07) is 0. The van der Waals surface area contributed by atoms with Crippen molar-refractivity contribution in [3.63, 3.8) is 0 Å². The molecule has 3 atom stereocenters. The lowest BCUT2D eigenvalue weighted by Gasteiger charge is -2.35. The zero-order valence-corrected chi connectivity index (χ0v) is 13.2. The van der Waals surface area contributed by atoms with Crippen molar-refractivity contribution in [1.29, 1.82) is 0 Å². The van der Waals surface area contributed by atoms with Crippen LogP contribution in [0.4, 0.5) is 0 Å². The molecule has 2 N–H and O–H groups in total. The second kappa shape index (κ2) is 7.74. The van der Waals surface area contributed by atoms with Crippen molar-refractivity contribution in [3.8, 4) is 0 Å². The first-order chi connectivity index (χ1) is 9.74. The second-order valence-corrected chi connectivity index (χ2v) is 6.47. The van der Waals surface area contributed by atoms with Gasteiger partial charge in [0.1, 0.15) is 0 Å². The van der Waals surface area contributed by atoms with Crippen LogP contribution in [0.2, 0.25) is 0 Å². The minimum Gasteiger partial charge on any atom is -0.394 e. The van der Waals surface area contributed by atoms with Crippen LogP contribution in [0.1, 0.15) is 45.4 Å². The Morgan fingerprint density at radius 3 is 2.80 bits per heavy atom. The highest BCUT2D eigenvalue weighted by atomic mass is 16.5. The molecular formula is C16H32N2O2. The molecule has 2 rings (SSSR count). The van der Waals surface area contributed by atoms with E-state index in [4.69, 9.17) is 4.74 Å². The van der Waals surface area contributed by atoms with Crippen LogP contribution in [0.25, 0.3) is 0 Å². The maximum absolute atomic E-state index is 9.74. The lowest BCUT2D eigenvalue weighted by Crippen LogP contribution is -2.50. The summed E-state index contributed by atoms with van der Waals surface area (Å²) < 4.78 is 5.75. The average molecular weight is 284 g/mol. The Balaban J connectivity index is 1.79. The summed E-state index contributed by atoms with van der Waals surface area (Å²) in [5.41, 5.74) is -0.0245. The van der Waals surface area contributed by atoms with Crippen LogP contribution in [-0.4, -0.2) is 61.5 Å². The first-order valence-corrected chi connectivity index (χ1v) is 8.38. The molecule has 1 saturated heterocycles. The topological polar surface area (TPSA) is 44.7 Å². The summed E-state index contributed by atoms with van der Waals surface area (Å²) in [4.78, 5) is 2.52. The summed E-state index contributed by atoms with van der Waals surface area (Å²) in [6.07, 6.45) is 7.67. The van der Waals surface area contributed by atoms with Crippen molar-refractivity contribution >= 4 is 0 Å². The molecular weight excluding hydrogens is 252 g/mol. The van der Waals surface area contributed by atoms with Crippen LogP contribution >= 0.6 is 0 Å². The minimum atomic E-state index is -0.0245. The molecule has 2 aliphatic rings. The highest BCUT2D eigenvalue weighted by Gasteiger charge is 2.40. The van der Waals surface area contributed by atoms with E-state index in [0.717, 1.165) is 32.7 Å². The molecule has 1 heterocycles. The Morgan fingerprint density at radius 1 is 1.35 bits per heavy atom. The molecule has 2 fully saturated rings. The maximum Gasteiger partial charge on any atom is 0.0702 e. The number of likely N-dealkylation sites (N-methyl/N-ethyl adjacent to an activating group) is 2. The van der Waals surface area contributed by atoms with E-state index in [1.807, 2.05) is 7.05 Å². The molecule has 1 aliphatic carbocycles. The van der Waals surface area contributed by atoms with Gasteiger partial charge >= 0.3 is 0 Å². The number of aliphatic hydroxyl groups is 1. The van der Waals surface area contributed by atoms with Gasteiger partial charge < -0.3 is 20.1 Å². The summed E-state index contributed by atoms with van der Waals surface area (Å²) >= 11 is 0. The Kier molecular flexibility index (Phi) is 6.27. The number of aliphatic hydroxyl groups excluding tert-OH is 1. The van der Waals surface area contributed by atoms with Crippen molar-refractivity contribution in [2.24, 2.45) is 5.92 Å². The molecule has 0 amide bonds. The van der Waals surface area contributed by atoms with E-state index < -0.39 is 0 Å². The van der Waals surface area contributed by atoms with Crippen LogP contribution in [0.3, 0.4) is 0 Å². The molecule has 20 heavy (non-hydrogen) atoms. The van der Waals surface area contributed by atoms with Gasteiger partial charge in [-0.15, -0.1) is 0 Å². The van der Waals surface area contributed by atoms with Gasteiger partial charge in [0.2, 0.25) is 0 Å². The molecule has 0 aromatic heterocycles. The van der Waals surface area contributed by atoms with Crippen LogP contribution < -0.4 is 5.32 Å². The van der Waals surface area contributed by atoms with Crippen molar-refractivity contribution in [2.45, 2.75) is 57.1 Å². The molecule has 4 nitrogen and oxygen atoms in total. The van der Waals surface area contributed by atoms with Gasteiger partial charge in [-0.05, 0) is 58.2 Å². The van der Waals surface area contributed by atoms with Crippen LogP contribution in [0.15, 0.2) is 0 Å². The number of hydrogen-bond acceptors (Lipinski definition) is 4. The van der Waals surface area contributed by atoms with Gasteiger partial charge in [-0.2, -0.15) is 0 Å². The zero-order chi connectivity index (χ0) is 14.4. The van der Waals surface area contributed by atoms with Crippen molar-refractivity contribution in [2.75, 3.05) is 39.9 Å². The molecule has 0 spiro atoms. The average Bonchev–Trinajstić information content (AvgIpc) is 3.13. The van der Waals surface area contributed by atoms with Gasteiger partial charge in [-0.25, -0.2) is 0 Å². The minimum absolute atomic E-state index is 0.0245. The third-order valence-corrected chi connectivity index (χ3v) is 5.46. The third kappa shape index (κ3) is 3.73. The summed E-state index contributed by atoms with van der Waals surface area (Å²) in [5, 5.41) is 13.1. The number of hydrogen-bond donors (Lipinski definition) is 2. The fourth-order valence-electron chi connectivity index (χ4n) is 3.97. The predicted octanol–water partition coefficient (Wildman–Crippen LogP) is 1.63.